The maximum absolute atomic E-state index is 13.4. The van der Waals surface area contributed by atoms with Crippen LogP contribution in [0.3, 0.4) is 0 Å². The van der Waals surface area contributed by atoms with Crippen LogP contribution in [0.15, 0.2) is 78.9 Å². The molecular weight excluding hydrogens is 382 g/mol. The highest BCUT2D eigenvalue weighted by atomic mass is 16.2. The molecule has 158 valence electrons. The number of nitrogens with one attached hydrogen (secondary N) is 2. The highest BCUT2D eigenvalue weighted by Crippen LogP contribution is 2.32. The van der Waals surface area contributed by atoms with Crippen LogP contribution in [0.25, 0.3) is 16.5 Å². The normalized spacial score (nSPS) is 19.7. The smallest absolute Gasteiger partial charge is 0.296 e. The Morgan fingerprint density at radius 3 is 2.35 bits per heavy atom. The Hall–Kier alpha value is -3.11. The maximum atomic E-state index is 13.4. The van der Waals surface area contributed by atoms with E-state index in [0.717, 1.165) is 29.9 Å². The average molecular weight is 413 g/mol. The molecule has 2 aliphatic heterocycles. The van der Waals surface area contributed by atoms with Crippen molar-refractivity contribution in [2.45, 2.75) is 31.7 Å². The second-order valence-electron chi connectivity index (χ2n) is 8.71. The van der Waals surface area contributed by atoms with Crippen molar-refractivity contribution in [2.75, 3.05) is 19.6 Å². The van der Waals surface area contributed by atoms with E-state index in [9.17, 15) is 4.79 Å². The van der Waals surface area contributed by atoms with E-state index in [1.165, 1.54) is 41.4 Å². The van der Waals surface area contributed by atoms with Gasteiger partial charge in [0, 0.05) is 0 Å². The third-order valence-electron chi connectivity index (χ3n) is 6.53. The third-order valence-corrected chi connectivity index (χ3v) is 6.53. The number of benzene rings is 3. The monoisotopic (exact) mass is 412 g/mol. The number of carbonyl (C=O) groups excluding carboxylic acids is 1. The van der Waals surface area contributed by atoms with Crippen LogP contribution in [0.1, 0.15) is 42.9 Å². The van der Waals surface area contributed by atoms with Gasteiger partial charge in [0.25, 0.3) is 5.91 Å². The van der Waals surface area contributed by atoms with Gasteiger partial charge in [0.15, 0.2) is 6.54 Å². The van der Waals surface area contributed by atoms with Crippen molar-refractivity contribution in [3.8, 4) is 0 Å². The molecule has 31 heavy (non-hydrogen) atoms. The van der Waals surface area contributed by atoms with E-state index in [1.54, 1.807) is 0 Å². The van der Waals surface area contributed by atoms with Gasteiger partial charge in [-0.1, -0.05) is 66.7 Å². The number of nitrogens with zero attached hydrogens (tertiary/aromatic N) is 1. The third kappa shape index (κ3) is 4.35. The molecule has 4 heteroatoms. The summed E-state index contributed by atoms with van der Waals surface area (Å²) in [4.78, 5) is 14.8. The first-order valence-corrected chi connectivity index (χ1v) is 11.5. The van der Waals surface area contributed by atoms with Crippen molar-refractivity contribution in [1.29, 1.82) is 0 Å². The Labute approximate surface area is 184 Å². The Morgan fingerprint density at radius 1 is 0.871 bits per heavy atom. The van der Waals surface area contributed by atoms with Crippen LogP contribution in [-0.4, -0.2) is 30.6 Å². The van der Waals surface area contributed by atoms with Crippen LogP contribution >= 0.6 is 0 Å². The van der Waals surface area contributed by atoms with E-state index in [4.69, 9.17) is 0 Å². The van der Waals surface area contributed by atoms with Gasteiger partial charge < -0.3 is 4.90 Å². The van der Waals surface area contributed by atoms with Crippen molar-refractivity contribution in [3.63, 3.8) is 0 Å². The fourth-order valence-electron chi connectivity index (χ4n) is 4.80. The zero-order valence-electron chi connectivity index (χ0n) is 17.9. The van der Waals surface area contributed by atoms with E-state index >= 15 is 0 Å². The summed E-state index contributed by atoms with van der Waals surface area (Å²) in [6.45, 7) is 2.75. The van der Waals surface area contributed by atoms with Gasteiger partial charge in [-0.15, -0.1) is 0 Å². The quantitative estimate of drug-likeness (QED) is 0.685. The van der Waals surface area contributed by atoms with Gasteiger partial charge >= 0.3 is 0 Å². The van der Waals surface area contributed by atoms with Crippen LogP contribution in [-0.2, 0) is 4.79 Å². The fourth-order valence-corrected chi connectivity index (χ4v) is 4.80. The second kappa shape index (κ2) is 8.94. The summed E-state index contributed by atoms with van der Waals surface area (Å²) in [6.07, 6.45) is 7.21. The van der Waals surface area contributed by atoms with E-state index < -0.39 is 0 Å². The molecule has 5 rings (SSSR count). The second-order valence-corrected chi connectivity index (χ2v) is 8.71. The van der Waals surface area contributed by atoms with Gasteiger partial charge in [0.2, 0.25) is 0 Å². The topological polar surface area (TPSA) is 36.8 Å². The van der Waals surface area contributed by atoms with E-state index in [-0.39, 0.29) is 11.9 Å². The predicted molar refractivity (Wildman–Crippen MR) is 125 cm³/mol. The number of fused-ring (bicyclic) bond motifs is 1. The summed E-state index contributed by atoms with van der Waals surface area (Å²) in [6, 6.07) is 25.1. The molecule has 3 aromatic carbocycles. The van der Waals surface area contributed by atoms with Crippen molar-refractivity contribution < 1.29 is 9.69 Å². The summed E-state index contributed by atoms with van der Waals surface area (Å²) in [5.41, 5.74) is 6.69. The number of carbonyl (C=O) groups is 1. The van der Waals surface area contributed by atoms with Crippen molar-refractivity contribution in [1.82, 2.24) is 10.4 Å². The first-order valence-electron chi connectivity index (χ1n) is 11.5. The van der Waals surface area contributed by atoms with Crippen molar-refractivity contribution in [2.24, 2.45) is 0 Å². The Balaban J connectivity index is 1.42. The summed E-state index contributed by atoms with van der Waals surface area (Å²) in [5.74, 6) is 0.165. The number of hydrogen-bond donors (Lipinski definition) is 2. The summed E-state index contributed by atoms with van der Waals surface area (Å²) in [5, 5.41) is 4.28. The van der Waals surface area contributed by atoms with Gasteiger partial charge in [-0.2, -0.15) is 0 Å². The zero-order valence-corrected chi connectivity index (χ0v) is 17.9. The van der Waals surface area contributed by atoms with Crippen molar-refractivity contribution in [3.05, 3.63) is 90.0 Å². The molecule has 0 aromatic heterocycles. The van der Waals surface area contributed by atoms with Gasteiger partial charge in [-0.3, -0.25) is 10.2 Å². The molecule has 2 N–H and O–H groups in total. The molecule has 0 unspecified atom stereocenters. The van der Waals surface area contributed by atoms with Crippen LogP contribution in [0.4, 0.5) is 0 Å². The number of hydrazine groups is 1. The molecule has 0 aliphatic carbocycles. The summed E-state index contributed by atoms with van der Waals surface area (Å²) in [7, 11) is 0. The molecular formula is C27H30N3O+. The lowest BCUT2D eigenvalue weighted by molar-refractivity contribution is -0.891. The number of hydrogen-bond acceptors (Lipinski definition) is 2. The first kappa shape index (κ1) is 19.8. The van der Waals surface area contributed by atoms with Gasteiger partial charge in [-0.05, 0) is 59.7 Å². The Bertz CT molecular complexity index is 1080. The first-order chi connectivity index (χ1) is 15.3. The van der Waals surface area contributed by atoms with Crippen LogP contribution in [0.5, 0.6) is 0 Å². The lowest BCUT2D eigenvalue weighted by Gasteiger charge is -2.27. The minimum atomic E-state index is -0.0958. The lowest BCUT2D eigenvalue weighted by Crippen LogP contribution is -3.13. The van der Waals surface area contributed by atoms with E-state index in [2.05, 4.69) is 66.1 Å². The van der Waals surface area contributed by atoms with Crippen molar-refractivity contribution >= 4 is 22.4 Å². The molecule has 2 aliphatic rings. The van der Waals surface area contributed by atoms with Gasteiger partial charge in [0.05, 0.1) is 24.8 Å². The Kier molecular flexibility index (Phi) is 5.72. The maximum Gasteiger partial charge on any atom is 0.296 e. The molecule has 1 atom stereocenters. The number of quaternary nitrogens is 1. The average Bonchev–Trinajstić information content (AvgIpc) is 3.11. The molecule has 4 nitrogen and oxygen atoms in total. The molecule has 1 fully saturated rings. The molecule has 1 saturated heterocycles. The zero-order chi connectivity index (χ0) is 21.0. The SMILES string of the molecule is O=C(C[NH+]1CCCCCC1)N1NC(c2ccc3ccccc3c2)=C[C@@H]1c1ccccc1. The molecule has 0 saturated carbocycles. The molecule has 1 amide bonds. The minimum Gasteiger partial charge on any atom is -0.327 e. The van der Waals surface area contributed by atoms with Crippen LogP contribution < -0.4 is 10.3 Å². The van der Waals surface area contributed by atoms with Gasteiger partial charge in [0.1, 0.15) is 0 Å². The minimum absolute atomic E-state index is 0.0958. The van der Waals surface area contributed by atoms with Crippen LogP contribution in [0, 0.1) is 0 Å². The fraction of sp³-hybridized carbons (Fsp3) is 0.296. The largest absolute Gasteiger partial charge is 0.327 e. The summed E-state index contributed by atoms with van der Waals surface area (Å²) >= 11 is 0. The lowest BCUT2D eigenvalue weighted by atomic mass is 10.0. The van der Waals surface area contributed by atoms with E-state index in [1.807, 2.05) is 23.2 Å². The van der Waals surface area contributed by atoms with Crippen LogP contribution in [0.2, 0.25) is 0 Å². The molecule has 0 spiro atoms. The molecule has 3 aromatic rings. The van der Waals surface area contributed by atoms with Gasteiger partial charge in [-0.25, -0.2) is 5.01 Å². The van der Waals surface area contributed by atoms with E-state index in [0.29, 0.717) is 6.54 Å². The number of likely N-dealkylation sites (tertiary alicyclic amines) is 1. The summed E-state index contributed by atoms with van der Waals surface area (Å²) < 4.78 is 0. The molecule has 0 bridgehead atoms. The number of rotatable bonds is 4. The molecule has 0 radical (unpaired) electrons. The molecule has 2 heterocycles. The standard InChI is InChI=1S/C27H29N3O/c31-27(20-29-16-8-1-2-9-17-29)30-26(22-11-4-3-5-12-22)19-25(28-30)24-15-14-21-10-6-7-13-23(21)18-24/h3-7,10-15,18-19,26,28H,1-2,8-9,16-17,20H2/p+1/t26-/m1/s1. The Morgan fingerprint density at radius 2 is 1.58 bits per heavy atom. The predicted octanol–water partition coefficient (Wildman–Crippen LogP) is 3.73. The number of amides is 1. The highest BCUT2D eigenvalue weighted by Gasteiger charge is 2.32. The highest BCUT2D eigenvalue weighted by molar-refractivity contribution is 5.87.